The van der Waals surface area contributed by atoms with E-state index in [0.717, 1.165) is 6.07 Å². The van der Waals surface area contributed by atoms with Crippen molar-refractivity contribution >= 4 is 31.9 Å². The van der Waals surface area contributed by atoms with Crippen LogP contribution in [0.2, 0.25) is 0 Å². The molecule has 2 unspecified atom stereocenters. The highest BCUT2D eigenvalue weighted by atomic mass is 79.9. The Hall–Kier alpha value is -0.110. The molecule has 2 N–H and O–H groups in total. The highest BCUT2D eigenvalue weighted by molar-refractivity contribution is 9.10. The van der Waals surface area contributed by atoms with Gasteiger partial charge in [0.05, 0.1) is 11.7 Å². The van der Waals surface area contributed by atoms with Gasteiger partial charge >= 0.3 is 6.18 Å². The molecule has 0 aliphatic carbocycles. The second-order valence-electron chi connectivity index (χ2n) is 3.40. The van der Waals surface area contributed by atoms with Gasteiger partial charge in [0, 0.05) is 9.80 Å². The van der Waals surface area contributed by atoms with Gasteiger partial charge in [-0.1, -0.05) is 37.9 Å². The molecule has 0 bridgehead atoms. The molecule has 0 aromatic heterocycles. The van der Waals surface area contributed by atoms with Crippen LogP contribution in [0.4, 0.5) is 13.2 Å². The fourth-order valence-electron chi connectivity index (χ4n) is 1.25. The minimum Gasteiger partial charge on any atom is -0.389 e. The van der Waals surface area contributed by atoms with Gasteiger partial charge in [-0.2, -0.15) is 13.2 Å². The van der Waals surface area contributed by atoms with Crippen LogP contribution in [0.25, 0.3) is 0 Å². The molecule has 1 rings (SSSR count). The summed E-state index contributed by atoms with van der Waals surface area (Å²) in [5, 5.41) is 19.0. The van der Waals surface area contributed by atoms with Gasteiger partial charge < -0.3 is 10.2 Å². The predicted molar refractivity (Wildman–Crippen MR) is 63.9 cm³/mol. The molecule has 1 aromatic carbocycles. The molecule has 0 amide bonds. The summed E-state index contributed by atoms with van der Waals surface area (Å²) >= 11 is 5.74. The lowest BCUT2D eigenvalue weighted by atomic mass is 10.0. The summed E-state index contributed by atoms with van der Waals surface area (Å²) in [6.07, 6.45) is -7.02. The lowest BCUT2D eigenvalue weighted by Crippen LogP contribution is -2.20. The van der Waals surface area contributed by atoms with E-state index in [1.165, 1.54) is 12.1 Å². The molecule has 96 valence electrons. The number of hydrogen-bond acceptors (Lipinski definition) is 2. The number of halogens is 5. The van der Waals surface area contributed by atoms with E-state index in [-0.39, 0.29) is 15.4 Å². The van der Waals surface area contributed by atoms with Crippen molar-refractivity contribution in [2.75, 3.05) is 5.33 Å². The van der Waals surface area contributed by atoms with Crippen LogP contribution in [0.15, 0.2) is 22.7 Å². The number of aliphatic hydroxyl groups excluding tert-OH is 2. The fourth-order valence-corrected chi connectivity index (χ4v) is 2.08. The maximum Gasteiger partial charge on any atom is 0.417 e. The van der Waals surface area contributed by atoms with Crippen LogP contribution in [-0.2, 0) is 6.18 Å². The lowest BCUT2D eigenvalue weighted by Gasteiger charge is -2.18. The fraction of sp³-hybridized carbons (Fsp3) is 0.400. The van der Waals surface area contributed by atoms with E-state index in [0.29, 0.717) is 0 Å². The Balaban J connectivity index is 3.13. The molecule has 0 aliphatic rings. The molecule has 0 saturated heterocycles. The lowest BCUT2D eigenvalue weighted by molar-refractivity contribution is -0.138. The molecule has 0 heterocycles. The maximum atomic E-state index is 12.6. The van der Waals surface area contributed by atoms with Crippen LogP contribution in [0.5, 0.6) is 0 Å². The topological polar surface area (TPSA) is 40.5 Å². The van der Waals surface area contributed by atoms with Crippen molar-refractivity contribution in [2.24, 2.45) is 0 Å². The van der Waals surface area contributed by atoms with E-state index in [4.69, 9.17) is 0 Å². The van der Waals surface area contributed by atoms with Gasteiger partial charge in [0.2, 0.25) is 0 Å². The average molecular weight is 378 g/mol. The number of rotatable bonds is 3. The SMILES string of the molecule is OC(CBr)C(O)c1ccc(Br)c(C(F)(F)F)c1. The second kappa shape index (κ2) is 5.69. The molecule has 0 aliphatic heterocycles. The number of alkyl halides is 4. The molecule has 0 spiro atoms. The van der Waals surface area contributed by atoms with E-state index in [1.807, 2.05) is 0 Å². The van der Waals surface area contributed by atoms with Gasteiger partial charge in [0.1, 0.15) is 6.10 Å². The molecule has 7 heteroatoms. The van der Waals surface area contributed by atoms with Gasteiger partial charge in [-0.25, -0.2) is 0 Å². The van der Waals surface area contributed by atoms with Crippen LogP contribution in [0.3, 0.4) is 0 Å². The quantitative estimate of drug-likeness (QED) is 0.794. The van der Waals surface area contributed by atoms with Gasteiger partial charge in [-0.05, 0) is 17.7 Å². The zero-order chi connectivity index (χ0) is 13.2. The van der Waals surface area contributed by atoms with Crippen molar-refractivity contribution in [1.82, 2.24) is 0 Å². The zero-order valence-corrected chi connectivity index (χ0v) is 11.6. The maximum absolute atomic E-state index is 12.6. The second-order valence-corrected chi connectivity index (χ2v) is 4.91. The van der Waals surface area contributed by atoms with Crippen molar-refractivity contribution in [2.45, 2.75) is 18.4 Å². The summed E-state index contributed by atoms with van der Waals surface area (Å²) in [4.78, 5) is 0. The highest BCUT2D eigenvalue weighted by Gasteiger charge is 2.34. The monoisotopic (exact) mass is 376 g/mol. The average Bonchev–Trinajstić information content (AvgIpc) is 2.26. The summed E-state index contributed by atoms with van der Waals surface area (Å²) in [5.41, 5.74) is -0.858. The Morgan fingerprint density at radius 2 is 1.82 bits per heavy atom. The first kappa shape index (κ1) is 14.9. The van der Waals surface area contributed by atoms with Crippen molar-refractivity contribution in [3.63, 3.8) is 0 Å². The first-order chi connectivity index (χ1) is 7.77. The third-order valence-electron chi connectivity index (χ3n) is 2.16. The first-order valence-corrected chi connectivity index (χ1v) is 6.47. The van der Waals surface area contributed by atoms with Gasteiger partial charge in [-0.15, -0.1) is 0 Å². The van der Waals surface area contributed by atoms with Gasteiger partial charge in [0.25, 0.3) is 0 Å². The minimum atomic E-state index is -4.51. The highest BCUT2D eigenvalue weighted by Crippen LogP contribution is 2.36. The van der Waals surface area contributed by atoms with Crippen molar-refractivity contribution in [1.29, 1.82) is 0 Å². The van der Waals surface area contributed by atoms with Crippen LogP contribution < -0.4 is 0 Å². The third-order valence-corrected chi connectivity index (χ3v) is 3.51. The van der Waals surface area contributed by atoms with Crippen molar-refractivity contribution in [3.8, 4) is 0 Å². The summed E-state index contributed by atoms with van der Waals surface area (Å²) < 4.78 is 37.7. The molecule has 2 atom stereocenters. The van der Waals surface area contributed by atoms with E-state index in [9.17, 15) is 23.4 Å². The van der Waals surface area contributed by atoms with Crippen LogP contribution in [0, 0.1) is 0 Å². The van der Waals surface area contributed by atoms with E-state index in [2.05, 4.69) is 31.9 Å². The predicted octanol–water partition coefficient (Wildman–Crippen LogP) is 3.26. The van der Waals surface area contributed by atoms with Gasteiger partial charge in [0.15, 0.2) is 0 Å². The van der Waals surface area contributed by atoms with Crippen molar-refractivity contribution in [3.05, 3.63) is 33.8 Å². The Bertz CT molecular complexity index is 396. The smallest absolute Gasteiger partial charge is 0.389 e. The van der Waals surface area contributed by atoms with E-state index < -0.39 is 23.9 Å². The number of aliphatic hydroxyl groups is 2. The Morgan fingerprint density at radius 1 is 1.24 bits per heavy atom. The van der Waals surface area contributed by atoms with Crippen LogP contribution >= 0.6 is 31.9 Å². The summed E-state index contributed by atoms with van der Waals surface area (Å²) in [7, 11) is 0. The Morgan fingerprint density at radius 3 is 2.29 bits per heavy atom. The van der Waals surface area contributed by atoms with Crippen LogP contribution in [0.1, 0.15) is 17.2 Å². The van der Waals surface area contributed by atoms with Crippen LogP contribution in [-0.4, -0.2) is 21.6 Å². The van der Waals surface area contributed by atoms with Gasteiger partial charge in [-0.3, -0.25) is 0 Å². The normalized spacial score (nSPS) is 15.7. The summed E-state index contributed by atoms with van der Waals surface area (Å²) in [6, 6.07) is 3.35. The summed E-state index contributed by atoms with van der Waals surface area (Å²) in [5.74, 6) is 0. The molecule has 2 nitrogen and oxygen atoms in total. The van der Waals surface area contributed by atoms with E-state index in [1.54, 1.807) is 0 Å². The molecule has 0 fully saturated rings. The largest absolute Gasteiger partial charge is 0.417 e. The molecule has 0 radical (unpaired) electrons. The molecule has 1 aromatic rings. The third kappa shape index (κ3) is 3.67. The molecular weight excluding hydrogens is 369 g/mol. The standard InChI is InChI=1S/C10H9Br2F3O2/c11-4-8(16)9(17)5-1-2-7(12)6(3-5)10(13,14)15/h1-3,8-9,16-17H,4H2. The summed E-state index contributed by atoms with van der Waals surface area (Å²) in [6.45, 7) is 0. The Kier molecular flexibility index (Phi) is 5.00. The number of hydrogen-bond donors (Lipinski definition) is 2. The van der Waals surface area contributed by atoms with Crippen molar-refractivity contribution < 1.29 is 23.4 Å². The molecule has 0 saturated carbocycles. The Labute approximate surface area is 113 Å². The first-order valence-electron chi connectivity index (χ1n) is 4.56. The molecule has 17 heavy (non-hydrogen) atoms. The van der Waals surface area contributed by atoms with E-state index >= 15 is 0 Å². The minimum absolute atomic E-state index is 0.0208. The number of benzene rings is 1. The zero-order valence-electron chi connectivity index (χ0n) is 8.38. The molecular formula is C10H9Br2F3O2.